The van der Waals surface area contributed by atoms with E-state index in [2.05, 4.69) is 15.3 Å². The van der Waals surface area contributed by atoms with Gasteiger partial charge in [-0.3, -0.25) is 0 Å². The molecule has 0 aliphatic heterocycles. The Balaban J connectivity index is 2.30. The van der Waals surface area contributed by atoms with Crippen molar-refractivity contribution in [1.29, 1.82) is 0 Å². The molecule has 3 nitrogen and oxygen atoms in total. The molecule has 1 aromatic rings. The van der Waals surface area contributed by atoms with Crippen LogP contribution in [0.4, 0.5) is 0 Å². The van der Waals surface area contributed by atoms with E-state index in [1.807, 2.05) is 13.1 Å². The minimum Gasteiger partial charge on any atom is -0.308 e. The third kappa shape index (κ3) is 1.01. The van der Waals surface area contributed by atoms with Gasteiger partial charge >= 0.3 is 0 Å². The van der Waals surface area contributed by atoms with Crippen molar-refractivity contribution in [3.8, 4) is 0 Å². The largest absolute Gasteiger partial charge is 0.308 e. The quantitative estimate of drug-likeness (QED) is 0.672. The summed E-state index contributed by atoms with van der Waals surface area (Å²) in [6.07, 6.45) is 5.90. The lowest BCUT2D eigenvalue weighted by molar-refractivity contribution is 0.547. The molecule has 2 rings (SSSR count). The van der Waals surface area contributed by atoms with Gasteiger partial charge in [-0.1, -0.05) is 0 Å². The van der Waals surface area contributed by atoms with Crippen molar-refractivity contribution in [2.24, 2.45) is 0 Å². The lowest BCUT2D eigenvalue weighted by Crippen LogP contribution is -2.26. The summed E-state index contributed by atoms with van der Waals surface area (Å²) in [7, 11) is 1.96. The van der Waals surface area contributed by atoms with E-state index in [-0.39, 0.29) is 5.54 Å². The van der Waals surface area contributed by atoms with Crippen LogP contribution >= 0.6 is 0 Å². The molecule has 0 amide bonds. The normalized spacial score (nSPS) is 19.7. The summed E-state index contributed by atoms with van der Waals surface area (Å²) in [6, 6.07) is 1.84. The van der Waals surface area contributed by atoms with Crippen LogP contribution in [0.15, 0.2) is 18.5 Å². The van der Waals surface area contributed by atoms with E-state index in [1.54, 1.807) is 12.4 Å². The van der Waals surface area contributed by atoms with Gasteiger partial charge in [0.05, 0.1) is 5.54 Å². The van der Waals surface area contributed by atoms with Crippen LogP contribution in [0.1, 0.15) is 18.7 Å². The van der Waals surface area contributed by atoms with Gasteiger partial charge < -0.3 is 5.32 Å². The molecule has 0 radical (unpaired) electrons. The highest BCUT2D eigenvalue weighted by atomic mass is 15.1. The standard InChI is InChI=1S/C8H11N3/c1-9-8(3-4-8)7-10-5-2-6-11-7/h2,5-6,9H,3-4H2,1H3. The van der Waals surface area contributed by atoms with Crippen LogP contribution in [0.2, 0.25) is 0 Å². The average Bonchev–Trinajstić information content (AvgIpc) is 2.86. The van der Waals surface area contributed by atoms with Crippen molar-refractivity contribution in [2.75, 3.05) is 7.05 Å². The maximum absolute atomic E-state index is 4.21. The van der Waals surface area contributed by atoms with E-state index < -0.39 is 0 Å². The Morgan fingerprint density at radius 2 is 2.00 bits per heavy atom. The third-order valence-electron chi connectivity index (χ3n) is 2.22. The Bertz CT molecular complexity index is 241. The van der Waals surface area contributed by atoms with E-state index in [0.717, 1.165) is 18.7 Å². The van der Waals surface area contributed by atoms with Crippen LogP contribution in [-0.2, 0) is 5.54 Å². The molecule has 1 heterocycles. The highest BCUT2D eigenvalue weighted by Crippen LogP contribution is 2.42. The molecular formula is C8H11N3. The Labute approximate surface area is 65.9 Å². The monoisotopic (exact) mass is 149 g/mol. The van der Waals surface area contributed by atoms with Gasteiger partial charge in [0.2, 0.25) is 0 Å². The van der Waals surface area contributed by atoms with Crippen LogP contribution in [0.25, 0.3) is 0 Å². The lowest BCUT2D eigenvalue weighted by atomic mass is 10.2. The summed E-state index contributed by atoms with van der Waals surface area (Å²) in [4.78, 5) is 8.42. The summed E-state index contributed by atoms with van der Waals surface area (Å²) in [5, 5.41) is 3.24. The fourth-order valence-corrected chi connectivity index (χ4v) is 1.26. The van der Waals surface area contributed by atoms with Gasteiger partial charge in [0.15, 0.2) is 0 Å². The molecule has 1 aliphatic rings. The molecule has 1 aromatic heterocycles. The molecule has 1 N–H and O–H groups in total. The molecule has 0 atom stereocenters. The summed E-state index contributed by atoms with van der Waals surface area (Å²) in [5.74, 6) is 0.933. The molecule has 58 valence electrons. The molecule has 0 unspecified atom stereocenters. The van der Waals surface area contributed by atoms with E-state index in [9.17, 15) is 0 Å². The van der Waals surface area contributed by atoms with Crippen LogP contribution in [-0.4, -0.2) is 17.0 Å². The molecule has 1 saturated carbocycles. The molecule has 0 bridgehead atoms. The van der Waals surface area contributed by atoms with Gasteiger partial charge in [-0.25, -0.2) is 9.97 Å². The minimum atomic E-state index is 0.112. The van der Waals surface area contributed by atoms with E-state index in [4.69, 9.17) is 0 Å². The van der Waals surface area contributed by atoms with Crippen molar-refractivity contribution < 1.29 is 0 Å². The van der Waals surface area contributed by atoms with Crippen LogP contribution in [0, 0.1) is 0 Å². The molecule has 0 saturated heterocycles. The van der Waals surface area contributed by atoms with Crippen molar-refractivity contribution in [1.82, 2.24) is 15.3 Å². The summed E-state index contributed by atoms with van der Waals surface area (Å²) >= 11 is 0. The maximum atomic E-state index is 4.21. The van der Waals surface area contributed by atoms with Gasteiger partial charge in [-0.05, 0) is 26.0 Å². The van der Waals surface area contributed by atoms with Crippen molar-refractivity contribution in [2.45, 2.75) is 18.4 Å². The molecule has 0 aromatic carbocycles. The fourth-order valence-electron chi connectivity index (χ4n) is 1.26. The first-order valence-corrected chi connectivity index (χ1v) is 3.84. The van der Waals surface area contributed by atoms with E-state index >= 15 is 0 Å². The Morgan fingerprint density at radius 3 is 2.45 bits per heavy atom. The van der Waals surface area contributed by atoms with Crippen LogP contribution in [0.5, 0.6) is 0 Å². The maximum Gasteiger partial charge on any atom is 0.148 e. The fraction of sp³-hybridized carbons (Fsp3) is 0.500. The predicted octanol–water partition coefficient (Wildman–Crippen LogP) is 0.685. The van der Waals surface area contributed by atoms with Crippen molar-refractivity contribution in [3.63, 3.8) is 0 Å². The highest BCUT2D eigenvalue weighted by Gasteiger charge is 2.45. The second-order valence-corrected chi connectivity index (χ2v) is 2.90. The Hall–Kier alpha value is -0.960. The minimum absolute atomic E-state index is 0.112. The number of nitrogens with zero attached hydrogens (tertiary/aromatic N) is 2. The van der Waals surface area contributed by atoms with Crippen molar-refractivity contribution >= 4 is 0 Å². The molecular weight excluding hydrogens is 138 g/mol. The topological polar surface area (TPSA) is 37.8 Å². The van der Waals surface area contributed by atoms with Gasteiger partial charge in [-0.15, -0.1) is 0 Å². The van der Waals surface area contributed by atoms with Gasteiger partial charge in [-0.2, -0.15) is 0 Å². The number of hydrogen-bond donors (Lipinski definition) is 1. The van der Waals surface area contributed by atoms with Gasteiger partial charge in [0.25, 0.3) is 0 Å². The summed E-state index contributed by atoms with van der Waals surface area (Å²) in [5.41, 5.74) is 0.112. The Kier molecular flexibility index (Phi) is 1.39. The number of aromatic nitrogens is 2. The Morgan fingerprint density at radius 1 is 1.36 bits per heavy atom. The summed E-state index contributed by atoms with van der Waals surface area (Å²) < 4.78 is 0. The van der Waals surface area contributed by atoms with E-state index in [0.29, 0.717) is 0 Å². The average molecular weight is 149 g/mol. The predicted molar refractivity (Wildman–Crippen MR) is 42.0 cm³/mol. The van der Waals surface area contributed by atoms with Gasteiger partial charge in [0, 0.05) is 12.4 Å². The molecule has 0 spiro atoms. The number of nitrogens with one attached hydrogen (secondary N) is 1. The second-order valence-electron chi connectivity index (χ2n) is 2.90. The molecule has 3 heteroatoms. The molecule has 11 heavy (non-hydrogen) atoms. The zero-order chi connectivity index (χ0) is 7.73. The molecule has 1 fully saturated rings. The van der Waals surface area contributed by atoms with E-state index in [1.165, 1.54) is 0 Å². The first kappa shape index (κ1) is 6.73. The van der Waals surface area contributed by atoms with Crippen LogP contribution in [0.3, 0.4) is 0 Å². The highest BCUT2D eigenvalue weighted by molar-refractivity contribution is 5.15. The first-order valence-electron chi connectivity index (χ1n) is 3.84. The number of hydrogen-bond acceptors (Lipinski definition) is 3. The zero-order valence-corrected chi connectivity index (χ0v) is 6.54. The number of rotatable bonds is 2. The second kappa shape index (κ2) is 2.27. The third-order valence-corrected chi connectivity index (χ3v) is 2.22. The zero-order valence-electron chi connectivity index (χ0n) is 6.54. The first-order chi connectivity index (χ1) is 5.37. The molecule has 1 aliphatic carbocycles. The lowest BCUT2D eigenvalue weighted by Gasteiger charge is -2.10. The SMILES string of the molecule is CNC1(c2ncccn2)CC1. The van der Waals surface area contributed by atoms with Crippen molar-refractivity contribution in [3.05, 3.63) is 24.3 Å². The van der Waals surface area contributed by atoms with Crippen LogP contribution < -0.4 is 5.32 Å². The summed E-state index contributed by atoms with van der Waals surface area (Å²) in [6.45, 7) is 0. The smallest absolute Gasteiger partial charge is 0.148 e. The van der Waals surface area contributed by atoms with Gasteiger partial charge in [0.1, 0.15) is 5.82 Å².